The molecule has 0 saturated heterocycles. The molecule has 29 valence electrons. The minimum absolute atomic E-state index is 0. The van der Waals surface area contributed by atoms with E-state index in [0.29, 0.717) is 0 Å². The van der Waals surface area contributed by atoms with E-state index in [-0.39, 0.29) is 23.5 Å². The molecule has 4 heavy (non-hydrogen) atoms. The van der Waals surface area contributed by atoms with Crippen LogP contribution in [0.3, 0.4) is 0 Å². The summed E-state index contributed by atoms with van der Waals surface area (Å²) in [5.74, 6) is 0. The first-order chi connectivity index (χ1) is 1.41. The van der Waals surface area contributed by atoms with Crippen molar-refractivity contribution in [2.24, 2.45) is 0 Å². The van der Waals surface area contributed by atoms with Crippen LogP contribution in [-0.2, 0) is 21.9 Å². The Morgan fingerprint density at radius 2 is 1.75 bits per heavy atom. The van der Waals surface area contributed by atoms with E-state index in [4.69, 9.17) is 9.90 Å². The minimum Gasteiger partial charge on any atom is -0.483 e. The molecule has 0 aromatic rings. The van der Waals surface area contributed by atoms with Gasteiger partial charge in [0.1, 0.15) is 0 Å². The molecule has 0 spiro atoms. The topological polar surface area (TPSA) is 37.3 Å². The molecule has 0 aliphatic rings. The average molecular weight is 110 g/mol. The first-order valence-corrected chi connectivity index (χ1v) is 0.494. The fourth-order valence-electron chi connectivity index (χ4n) is 0. The van der Waals surface area contributed by atoms with Gasteiger partial charge in [0, 0.05) is 17.1 Å². The van der Waals surface area contributed by atoms with Gasteiger partial charge in [-0.05, 0) is 0 Å². The third-order valence-electron chi connectivity index (χ3n) is 0. The summed E-state index contributed by atoms with van der Waals surface area (Å²) in [5.41, 5.74) is 0. The Labute approximate surface area is 34.3 Å². The molecular formula is CH2CuO2. The predicted molar refractivity (Wildman–Crippen MR) is 8.69 cm³/mol. The van der Waals surface area contributed by atoms with Crippen molar-refractivity contribution in [2.75, 3.05) is 0 Å². The zero-order chi connectivity index (χ0) is 2.71. The van der Waals surface area contributed by atoms with Gasteiger partial charge < -0.3 is 5.11 Å². The number of hydrogen-bond donors (Lipinski definition) is 1. The predicted octanol–water partition coefficient (Wildman–Crippen LogP) is -0.302. The maximum Gasteiger partial charge on any atom is 0.290 e. The van der Waals surface area contributed by atoms with E-state index in [1.54, 1.807) is 0 Å². The number of carbonyl (C=O) groups is 1. The monoisotopic (exact) mass is 109 g/mol. The van der Waals surface area contributed by atoms with Crippen LogP contribution >= 0.6 is 0 Å². The van der Waals surface area contributed by atoms with Crippen LogP contribution in [0.1, 0.15) is 0 Å². The van der Waals surface area contributed by atoms with Crippen LogP contribution in [0, 0.1) is 0 Å². The second kappa shape index (κ2) is 12.1. The molecule has 0 heterocycles. The molecule has 0 saturated carbocycles. The van der Waals surface area contributed by atoms with E-state index < -0.39 is 0 Å². The third-order valence-corrected chi connectivity index (χ3v) is 0. The molecule has 0 rings (SSSR count). The molecule has 1 radical (unpaired) electrons. The summed E-state index contributed by atoms with van der Waals surface area (Å²) >= 11 is 0. The minimum atomic E-state index is -0.250. The summed E-state index contributed by atoms with van der Waals surface area (Å²) in [7, 11) is 0. The first kappa shape index (κ1) is 9.01. The SMILES string of the molecule is O=CO.[Cu]. The summed E-state index contributed by atoms with van der Waals surface area (Å²) < 4.78 is 0. The molecule has 0 unspecified atom stereocenters. The van der Waals surface area contributed by atoms with Crippen LogP contribution < -0.4 is 0 Å². The molecule has 2 nitrogen and oxygen atoms in total. The standard InChI is InChI=1S/CH2O2.Cu/c2-1-3;/h1H,(H,2,3);. The van der Waals surface area contributed by atoms with Crippen molar-refractivity contribution >= 4 is 6.47 Å². The molecule has 0 bridgehead atoms. The van der Waals surface area contributed by atoms with Gasteiger partial charge in [-0.1, -0.05) is 0 Å². The van der Waals surface area contributed by atoms with E-state index in [0.717, 1.165) is 0 Å². The molecule has 0 amide bonds. The van der Waals surface area contributed by atoms with Gasteiger partial charge in [-0.2, -0.15) is 0 Å². The molecule has 0 aromatic carbocycles. The first-order valence-electron chi connectivity index (χ1n) is 0.494. The second-order valence-electron chi connectivity index (χ2n) is 0.105. The van der Waals surface area contributed by atoms with Crippen LogP contribution in [0.2, 0.25) is 0 Å². The Kier molecular flexibility index (Phi) is 27.2. The van der Waals surface area contributed by atoms with E-state index in [1.807, 2.05) is 0 Å². The van der Waals surface area contributed by atoms with Crippen LogP contribution in [-0.4, -0.2) is 11.6 Å². The summed E-state index contributed by atoms with van der Waals surface area (Å²) in [5, 5.41) is 6.89. The van der Waals surface area contributed by atoms with E-state index in [9.17, 15) is 0 Å². The van der Waals surface area contributed by atoms with E-state index in [1.165, 1.54) is 0 Å². The molecule has 3 heteroatoms. The molecule has 0 atom stereocenters. The third kappa shape index (κ3) is 17600. The van der Waals surface area contributed by atoms with Gasteiger partial charge in [-0.3, -0.25) is 4.79 Å². The molecular weight excluding hydrogens is 108 g/mol. The molecule has 0 fully saturated rings. The van der Waals surface area contributed by atoms with Gasteiger partial charge in [0.05, 0.1) is 0 Å². The zero-order valence-corrected chi connectivity index (χ0v) is 2.68. The van der Waals surface area contributed by atoms with Crippen LogP contribution in [0.15, 0.2) is 0 Å². The Bertz CT molecular complexity index is 13.5. The van der Waals surface area contributed by atoms with Gasteiger partial charge in [0.2, 0.25) is 0 Å². The summed E-state index contributed by atoms with van der Waals surface area (Å²) in [6.07, 6.45) is 0. The molecule has 1 N–H and O–H groups in total. The van der Waals surface area contributed by atoms with E-state index >= 15 is 0 Å². The Morgan fingerprint density at radius 1 is 1.75 bits per heavy atom. The summed E-state index contributed by atoms with van der Waals surface area (Å²) in [6, 6.07) is 0. The Hall–Kier alpha value is -0.0105. The average Bonchev–Trinajstić information content (AvgIpc) is 0.918. The van der Waals surface area contributed by atoms with Crippen molar-refractivity contribution in [3.8, 4) is 0 Å². The zero-order valence-electron chi connectivity index (χ0n) is 1.73. The normalized spacial score (nSPS) is 3.00. The Balaban J connectivity index is 0. The largest absolute Gasteiger partial charge is 0.483 e. The molecule has 0 aromatic heterocycles. The summed E-state index contributed by atoms with van der Waals surface area (Å²) in [4.78, 5) is 8.36. The quantitative estimate of drug-likeness (QED) is 0.343. The van der Waals surface area contributed by atoms with Gasteiger partial charge >= 0.3 is 0 Å². The van der Waals surface area contributed by atoms with Gasteiger partial charge in [-0.15, -0.1) is 0 Å². The number of rotatable bonds is 0. The smallest absolute Gasteiger partial charge is 0.290 e. The van der Waals surface area contributed by atoms with Gasteiger partial charge in [0.25, 0.3) is 6.47 Å². The number of carboxylic acid groups (broad SMARTS) is 1. The van der Waals surface area contributed by atoms with Crippen molar-refractivity contribution in [2.45, 2.75) is 0 Å². The van der Waals surface area contributed by atoms with Crippen molar-refractivity contribution in [3.05, 3.63) is 0 Å². The van der Waals surface area contributed by atoms with Crippen LogP contribution in [0.25, 0.3) is 0 Å². The van der Waals surface area contributed by atoms with Crippen molar-refractivity contribution in [1.29, 1.82) is 0 Å². The summed E-state index contributed by atoms with van der Waals surface area (Å²) in [6.45, 7) is -0.250. The van der Waals surface area contributed by atoms with Crippen molar-refractivity contribution in [3.63, 3.8) is 0 Å². The van der Waals surface area contributed by atoms with Crippen LogP contribution in [0.4, 0.5) is 0 Å². The van der Waals surface area contributed by atoms with Gasteiger partial charge in [0.15, 0.2) is 0 Å². The maximum atomic E-state index is 8.36. The second-order valence-corrected chi connectivity index (χ2v) is 0.105. The fraction of sp³-hybridized carbons (Fsp3) is 0. The Morgan fingerprint density at radius 3 is 1.75 bits per heavy atom. The molecule has 0 aliphatic heterocycles. The number of hydrogen-bond acceptors (Lipinski definition) is 1. The van der Waals surface area contributed by atoms with E-state index in [2.05, 4.69) is 0 Å². The van der Waals surface area contributed by atoms with Gasteiger partial charge in [-0.25, -0.2) is 0 Å². The van der Waals surface area contributed by atoms with Crippen LogP contribution in [0.5, 0.6) is 0 Å². The maximum absolute atomic E-state index is 8.36. The molecule has 0 aliphatic carbocycles. The van der Waals surface area contributed by atoms with Crippen molar-refractivity contribution < 1.29 is 27.0 Å². The van der Waals surface area contributed by atoms with Crippen molar-refractivity contribution in [1.82, 2.24) is 0 Å². The fourth-order valence-corrected chi connectivity index (χ4v) is 0.